The minimum atomic E-state index is -3.44. The molecular weight excluding hydrogens is 526 g/mol. The standard InChI is InChI=1S/C30H33N5O4S.H2/c1-18-6-8-22(12-27(18)40(5,37)38)30(36)32-15-24-13-26-23(14-31-24)9-10-25(33-26)29-19(2)7-11-28(34-29)35-16-20(3)39-21(4)17-35;/h6-14,20-21H,15-17H2,1-5H3,(H,32,36);1H/t20-,21+;. The molecule has 4 aromatic rings. The number of carbonyl (C=O) groups is 1. The third kappa shape index (κ3) is 5.97. The molecule has 1 fully saturated rings. The number of hydrogen-bond acceptors (Lipinski definition) is 8. The normalized spacial score (nSPS) is 17.7. The predicted octanol–water partition coefficient (Wildman–Crippen LogP) is 4.50. The lowest BCUT2D eigenvalue weighted by Crippen LogP contribution is -2.45. The first-order valence-electron chi connectivity index (χ1n) is 13.2. The van der Waals surface area contributed by atoms with E-state index in [0.29, 0.717) is 11.3 Å². The summed E-state index contributed by atoms with van der Waals surface area (Å²) in [5.41, 5.74) is 4.86. The van der Waals surface area contributed by atoms with Gasteiger partial charge in [0.2, 0.25) is 0 Å². The van der Waals surface area contributed by atoms with Crippen molar-refractivity contribution in [3.05, 3.63) is 77.1 Å². The van der Waals surface area contributed by atoms with E-state index in [1.54, 1.807) is 25.3 Å². The van der Waals surface area contributed by atoms with E-state index in [-0.39, 0.29) is 36.5 Å². The van der Waals surface area contributed by atoms with E-state index in [1.165, 1.54) is 6.07 Å². The third-order valence-electron chi connectivity index (χ3n) is 6.98. The molecule has 9 nitrogen and oxygen atoms in total. The molecule has 4 heterocycles. The van der Waals surface area contributed by atoms with Gasteiger partial charge in [-0.05, 0) is 75.2 Å². The summed E-state index contributed by atoms with van der Waals surface area (Å²) in [5, 5.41) is 3.71. The molecule has 0 bridgehead atoms. The summed E-state index contributed by atoms with van der Waals surface area (Å²) >= 11 is 0. The average molecular weight is 562 g/mol. The van der Waals surface area contributed by atoms with Crippen molar-refractivity contribution in [2.75, 3.05) is 24.2 Å². The van der Waals surface area contributed by atoms with Gasteiger partial charge in [0, 0.05) is 37.9 Å². The van der Waals surface area contributed by atoms with Crippen LogP contribution in [0.1, 0.15) is 42.5 Å². The number of hydrogen-bond donors (Lipinski definition) is 1. The lowest BCUT2D eigenvalue weighted by atomic mass is 10.1. The highest BCUT2D eigenvalue weighted by molar-refractivity contribution is 7.90. The fraction of sp³-hybridized carbons (Fsp3) is 0.333. The number of anilines is 1. The summed E-state index contributed by atoms with van der Waals surface area (Å²) in [6.45, 7) is 9.61. The Bertz CT molecular complexity index is 1700. The highest BCUT2D eigenvalue weighted by Crippen LogP contribution is 2.27. The minimum Gasteiger partial charge on any atom is -0.372 e. The molecule has 0 unspecified atom stereocenters. The van der Waals surface area contributed by atoms with E-state index in [2.05, 4.69) is 35.1 Å². The molecule has 0 aliphatic carbocycles. The minimum absolute atomic E-state index is 0. The molecule has 1 amide bonds. The van der Waals surface area contributed by atoms with Gasteiger partial charge < -0.3 is 15.0 Å². The Hall–Kier alpha value is -3.89. The van der Waals surface area contributed by atoms with Crippen LogP contribution in [-0.2, 0) is 21.1 Å². The smallest absolute Gasteiger partial charge is 0.251 e. The van der Waals surface area contributed by atoms with E-state index in [4.69, 9.17) is 14.7 Å². The molecule has 1 aliphatic heterocycles. The number of ether oxygens (including phenoxy) is 1. The van der Waals surface area contributed by atoms with Gasteiger partial charge in [-0.1, -0.05) is 12.1 Å². The number of sulfone groups is 1. The first-order chi connectivity index (χ1) is 19.0. The SMILES string of the molecule is Cc1ccc(C(=O)NCc2cc3nc(-c4nc(N5C[C@@H](C)O[C@@H](C)C5)ccc4C)ccc3cn2)cc1S(C)(=O)=O.[HH]. The zero-order chi connectivity index (χ0) is 28.6. The van der Waals surface area contributed by atoms with Crippen LogP contribution in [-0.4, -0.2) is 60.8 Å². The van der Waals surface area contributed by atoms with E-state index in [9.17, 15) is 13.2 Å². The third-order valence-corrected chi connectivity index (χ3v) is 8.22. The first kappa shape index (κ1) is 27.7. The molecule has 1 saturated heterocycles. The zero-order valence-corrected chi connectivity index (χ0v) is 24.1. The highest BCUT2D eigenvalue weighted by atomic mass is 32.2. The van der Waals surface area contributed by atoms with Gasteiger partial charge in [-0.2, -0.15) is 0 Å². The Labute approximate surface area is 236 Å². The molecule has 0 saturated carbocycles. The van der Waals surface area contributed by atoms with Crippen LogP contribution in [0.25, 0.3) is 22.3 Å². The van der Waals surface area contributed by atoms with E-state index in [0.717, 1.165) is 53.0 Å². The number of amides is 1. The Balaban J connectivity index is 0.00000387. The van der Waals surface area contributed by atoms with Crippen LogP contribution in [0.15, 0.2) is 59.6 Å². The number of nitrogens with zero attached hydrogens (tertiary/aromatic N) is 4. The van der Waals surface area contributed by atoms with Crippen molar-refractivity contribution < 1.29 is 19.4 Å². The van der Waals surface area contributed by atoms with Crippen LogP contribution in [0.4, 0.5) is 5.82 Å². The quantitative estimate of drug-likeness (QED) is 0.366. The van der Waals surface area contributed by atoms with Crippen LogP contribution >= 0.6 is 0 Å². The van der Waals surface area contributed by atoms with Gasteiger partial charge in [0.15, 0.2) is 9.84 Å². The van der Waals surface area contributed by atoms with E-state index >= 15 is 0 Å². The van der Waals surface area contributed by atoms with Gasteiger partial charge in [0.25, 0.3) is 5.91 Å². The predicted molar refractivity (Wildman–Crippen MR) is 157 cm³/mol. The number of morpholine rings is 1. The van der Waals surface area contributed by atoms with Gasteiger partial charge in [0.1, 0.15) is 5.82 Å². The van der Waals surface area contributed by atoms with Crippen LogP contribution < -0.4 is 10.2 Å². The maximum Gasteiger partial charge on any atom is 0.251 e. The lowest BCUT2D eigenvalue weighted by molar-refractivity contribution is -0.00545. The molecule has 1 N–H and O–H groups in total. The van der Waals surface area contributed by atoms with Gasteiger partial charge in [-0.3, -0.25) is 9.78 Å². The monoisotopic (exact) mass is 561 g/mol. The van der Waals surface area contributed by atoms with Crippen molar-refractivity contribution >= 4 is 32.5 Å². The highest BCUT2D eigenvalue weighted by Gasteiger charge is 2.24. The lowest BCUT2D eigenvalue weighted by Gasteiger charge is -2.36. The molecule has 1 aromatic carbocycles. The first-order valence-corrected chi connectivity index (χ1v) is 15.1. The summed E-state index contributed by atoms with van der Waals surface area (Å²) < 4.78 is 30.0. The van der Waals surface area contributed by atoms with Crippen LogP contribution in [0, 0.1) is 13.8 Å². The molecule has 40 heavy (non-hydrogen) atoms. The number of rotatable bonds is 6. The molecule has 0 spiro atoms. The number of aryl methyl sites for hydroxylation is 2. The maximum atomic E-state index is 12.8. The van der Waals surface area contributed by atoms with Crippen molar-refractivity contribution in [3.63, 3.8) is 0 Å². The number of aromatic nitrogens is 3. The van der Waals surface area contributed by atoms with Crippen molar-refractivity contribution in [1.29, 1.82) is 0 Å². The average Bonchev–Trinajstić information content (AvgIpc) is 2.90. The van der Waals surface area contributed by atoms with Crippen LogP contribution in [0.5, 0.6) is 0 Å². The summed E-state index contributed by atoms with van der Waals surface area (Å²) in [6.07, 6.45) is 3.13. The van der Waals surface area contributed by atoms with Crippen LogP contribution in [0.3, 0.4) is 0 Å². The van der Waals surface area contributed by atoms with Crippen molar-refractivity contribution in [2.24, 2.45) is 0 Å². The molecule has 210 valence electrons. The summed E-state index contributed by atoms with van der Waals surface area (Å²) in [6, 6.07) is 14.5. The molecule has 10 heteroatoms. The number of pyridine rings is 3. The molecule has 0 radical (unpaired) electrons. The number of carbonyl (C=O) groups excluding carboxylic acids is 1. The number of nitrogens with one attached hydrogen (secondary N) is 1. The summed E-state index contributed by atoms with van der Waals surface area (Å²) in [5.74, 6) is 0.523. The Morgan fingerprint density at radius 2 is 1.75 bits per heavy atom. The number of benzene rings is 1. The Morgan fingerprint density at radius 3 is 2.48 bits per heavy atom. The van der Waals surface area contributed by atoms with E-state index in [1.807, 2.05) is 31.2 Å². The molecule has 1 aliphatic rings. The molecule has 5 rings (SSSR count). The summed E-state index contributed by atoms with van der Waals surface area (Å²) in [4.78, 5) is 29.5. The zero-order valence-electron chi connectivity index (χ0n) is 23.3. The molecular formula is C30H35N5O4S. The molecule has 2 atom stereocenters. The fourth-order valence-electron chi connectivity index (χ4n) is 5.02. The molecule has 3 aromatic heterocycles. The summed E-state index contributed by atoms with van der Waals surface area (Å²) in [7, 11) is -3.44. The van der Waals surface area contributed by atoms with Crippen molar-refractivity contribution in [3.8, 4) is 11.4 Å². The van der Waals surface area contributed by atoms with Gasteiger partial charge in [-0.15, -0.1) is 0 Å². The largest absolute Gasteiger partial charge is 0.372 e. The van der Waals surface area contributed by atoms with E-state index < -0.39 is 9.84 Å². The maximum absolute atomic E-state index is 12.8. The van der Waals surface area contributed by atoms with Crippen molar-refractivity contribution in [1.82, 2.24) is 20.3 Å². The van der Waals surface area contributed by atoms with Crippen molar-refractivity contribution in [2.45, 2.75) is 51.3 Å². The Kier molecular flexibility index (Phi) is 7.57. The van der Waals surface area contributed by atoms with Gasteiger partial charge >= 0.3 is 0 Å². The number of fused-ring (bicyclic) bond motifs is 1. The van der Waals surface area contributed by atoms with Gasteiger partial charge in [0.05, 0.1) is 46.2 Å². The second-order valence-corrected chi connectivity index (χ2v) is 12.5. The topological polar surface area (TPSA) is 114 Å². The fourth-order valence-corrected chi connectivity index (χ4v) is 6.01. The van der Waals surface area contributed by atoms with Gasteiger partial charge in [-0.25, -0.2) is 18.4 Å². The Morgan fingerprint density at radius 1 is 1.02 bits per heavy atom. The second kappa shape index (κ2) is 10.9. The second-order valence-electron chi connectivity index (χ2n) is 10.5. The van der Waals surface area contributed by atoms with Crippen LogP contribution in [0.2, 0.25) is 0 Å².